The Balaban J connectivity index is 2.77. The Morgan fingerprint density at radius 1 is 1.37 bits per heavy atom. The van der Waals surface area contributed by atoms with Gasteiger partial charge in [0.25, 0.3) is 0 Å². The monoisotopic (exact) mass is 285 g/mol. The molecule has 1 atom stereocenters. The number of hydrogen-bond acceptors (Lipinski definition) is 3. The first-order valence-corrected chi connectivity index (χ1v) is 7.19. The number of anilines is 1. The first kappa shape index (κ1) is 16.1. The number of hydrogen-bond donors (Lipinski definition) is 2. The molecule has 1 unspecified atom stereocenters. The molecule has 0 heterocycles. The molecule has 0 spiro atoms. The highest BCUT2D eigenvalue weighted by Crippen LogP contribution is 2.30. The summed E-state index contributed by atoms with van der Waals surface area (Å²) in [6, 6.07) is 5.56. The maximum Gasteiger partial charge on any atom is 0.142 e. The standard InChI is InChI=1S/C15H24ClNO2/c1-4-8-19-14-7-6-12(16)9-13(14)17-10-15(3,5-2)11-18/h6-7,9,17-18H,4-5,8,10-11H2,1-3H3. The third kappa shape index (κ3) is 4.92. The van der Waals surface area contributed by atoms with E-state index in [2.05, 4.69) is 26.1 Å². The summed E-state index contributed by atoms with van der Waals surface area (Å²) in [5, 5.41) is 13.4. The van der Waals surface area contributed by atoms with Gasteiger partial charge in [-0.2, -0.15) is 0 Å². The summed E-state index contributed by atoms with van der Waals surface area (Å²) in [4.78, 5) is 0. The number of ether oxygens (including phenoxy) is 1. The average Bonchev–Trinajstić information content (AvgIpc) is 2.43. The van der Waals surface area contributed by atoms with E-state index in [0.717, 1.165) is 24.3 Å². The predicted molar refractivity (Wildman–Crippen MR) is 81.2 cm³/mol. The van der Waals surface area contributed by atoms with Crippen LogP contribution in [0.3, 0.4) is 0 Å². The van der Waals surface area contributed by atoms with E-state index >= 15 is 0 Å². The first-order valence-electron chi connectivity index (χ1n) is 6.81. The lowest BCUT2D eigenvalue weighted by Gasteiger charge is -2.27. The molecule has 0 aliphatic heterocycles. The molecule has 0 amide bonds. The van der Waals surface area contributed by atoms with Crippen LogP contribution in [0.1, 0.15) is 33.6 Å². The Labute approximate surface area is 120 Å². The Hall–Kier alpha value is -0.930. The fourth-order valence-corrected chi connectivity index (χ4v) is 1.75. The Morgan fingerprint density at radius 3 is 2.68 bits per heavy atom. The number of nitrogens with one attached hydrogen (secondary N) is 1. The summed E-state index contributed by atoms with van der Waals surface area (Å²) in [6.45, 7) is 7.72. The zero-order chi connectivity index (χ0) is 14.3. The van der Waals surface area contributed by atoms with Gasteiger partial charge in [0, 0.05) is 17.0 Å². The van der Waals surface area contributed by atoms with Crippen molar-refractivity contribution in [2.24, 2.45) is 5.41 Å². The van der Waals surface area contributed by atoms with Crippen LogP contribution in [0.4, 0.5) is 5.69 Å². The second-order valence-corrected chi connectivity index (χ2v) is 5.60. The van der Waals surface area contributed by atoms with Gasteiger partial charge >= 0.3 is 0 Å². The Morgan fingerprint density at radius 2 is 2.11 bits per heavy atom. The molecule has 3 nitrogen and oxygen atoms in total. The van der Waals surface area contributed by atoms with E-state index in [-0.39, 0.29) is 12.0 Å². The van der Waals surface area contributed by atoms with Crippen LogP contribution < -0.4 is 10.1 Å². The molecule has 4 heteroatoms. The summed E-state index contributed by atoms with van der Waals surface area (Å²) in [5.41, 5.74) is 0.749. The van der Waals surface area contributed by atoms with E-state index in [1.807, 2.05) is 18.2 Å². The maximum atomic E-state index is 9.43. The number of aliphatic hydroxyl groups excluding tert-OH is 1. The van der Waals surface area contributed by atoms with E-state index in [9.17, 15) is 5.11 Å². The molecule has 1 rings (SSSR count). The minimum Gasteiger partial charge on any atom is -0.491 e. The zero-order valence-electron chi connectivity index (χ0n) is 12.0. The van der Waals surface area contributed by atoms with E-state index in [1.54, 1.807) is 0 Å². The minimum absolute atomic E-state index is 0.135. The van der Waals surface area contributed by atoms with Crippen molar-refractivity contribution in [3.8, 4) is 5.75 Å². The molecule has 0 aliphatic rings. The first-order chi connectivity index (χ1) is 9.04. The lowest BCUT2D eigenvalue weighted by atomic mass is 9.88. The Bertz CT molecular complexity index is 392. The maximum absolute atomic E-state index is 9.43. The van der Waals surface area contributed by atoms with Gasteiger partial charge in [-0.1, -0.05) is 32.4 Å². The largest absolute Gasteiger partial charge is 0.491 e. The summed E-state index contributed by atoms with van der Waals surface area (Å²) in [6.07, 6.45) is 1.87. The average molecular weight is 286 g/mol. The van der Waals surface area contributed by atoms with E-state index in [1.165, 1.54) is 0 Å². The van der Waals surface area contributed by atoms with Crippen molar-refractivity contribution in [1.29, 1.82) is 0 Å². The quantitative estimate of drug-likeness (QED) is 0.760. The SMILES string of the molecule is CCCOc1ccc(Cl)cc1NCC(C)(CC)CO. The van der Waals surface area contributed by atoms with Crippen molar-refractivity contribution in [3.63, 3.8) is 0 Å². The van der Waals surface area contributed by atoms with Gasteiger partial charge in [0.2, 0.25) is 0 Å². The van der Waals surface area contributed by atoms with Crippen LogP contribution in [0.5, 0.6) is 5.75 Å². The Kier molecular flexibility index (Phi) is 6.46. The third-order valence-corrected chi connectivity index (χ3v) is 3.58. The molecule has 1 aromatic carbocycles. The zero-order valence-corrected chi connectivity index (χ0v) is 12.8. The van der Waals surface area contributed by atoms with Crippen LogP contribution in [0.25, 0.3) is 0 Å². The number of rotatable bonds is 8. The van der Waals surface area contributed by atoms with Crippen molar-refractivity contribution in [1.82, 2.24) is 0 Å². The van der Waals surface area contributed by atoms with Crippen molar-refractivity contribution >= 4 is 17.3 Å². The smallest absolute Gasteiger partial charge is 0.142 e. The van der Waals surface area contributed by atoms with Crippen LogP contribution in [0.2, 0.25) is 5.02 Å². The molecule has 0 fully saturated rings. The molecular weight excluding hydrogens is 262 g/mol. The normalized spacial score (nSPS) is 13.9. The molecule has 0 saturated carbocycles. The van der Waals surface area contributed by atoms with Gasteiger partial charge < -0.3 is 15.2 Å². The number of aliphatic hydroxyl groups is 1. The highest BCUT2D eigenvalue weighted by Gasteiger charge is 2.21. The van der Waals surface area contributed by atoms with Crippen molar-refractivity contribution in [2.45, 2.75) is 33.6 Å². The van der Waals surface area contributed by atoms with Crippen LogP contribution in [0.15, 0.2) is 18.2 Å². The minimum atomic E-state index is -0.135. The topological polar surface area (TPSA) is 41.5 Å². The molecule has 0 radical (unpaired) electrons. The summed E-state index contributed by atoms with van der Waals surface area (Å²) in [7, 11) is 0. The van der Waals surface area contributed by atoms with Gasteiger partial charge in [-0.3, -0.25) is 0 Å². The highest BCUT2D eigenvalue weighted by molar-refractivity contribution is 6.30. The second kappa shape index (κ2) is 7.61. The van der Waals surface area contributed by atoms with Crippen molar-refractivity contribution in [3.05, 3.63) is 23.2 Å². The lowest BCUT2D eigenvalue weighted by molar-refractivity contribution is 0.149. The summed E-state index contributed by atoms with van der Waals surface area (Å²) < 4.78 is 5.69. The highest BCUT2D eigenvalue weighted by atomic mass is 35.5. The second-order valence-electron chi connectivity index (χ2n) is 5.16. The van der Waals surface area contributed by atoms with Crippen molar-refractivity contribution < 1.29 is 9.84 Å². The van der Waals surface area contributed by atoms with Gasteiger partial charge in [0.1, 0.15) is 5.75 Å². The lowest BCUT2D eigenvalue weighted by Crippen LogP contribution is -2.29. The van der Waals surface area contributed by atoms with Gasteiger partial charge in [-0.25, -0.2) is 0 Å². The van der Waals surface area contributed by atoms with Gasteiger partial charge in [-0.15, -0.1) is 0 Å². The molecule has 19 heavy (non-hydrogen) atoms. The third-order valence-electron chi connectivity index (χ3n) is 3.34. The van der Waals surface area contributed by atoms with Gasteiger partial charge in [0.15, 0.2) is 0 Å². The molecule has 2 N–H and O–H groups in total. The molecule has 0 aliphatic carbocycles. The van der Waals surface area contributed by atoms with Crippen LogP contribution in [-0.2, 0) is 0 Å². The summed E-state index contributed by atoms with van der Waals surface area (Å²) in [5.74, 6) is 0.808. The predicted octanol–water partition coefficient (Wildman–Crippen LogP) is 3.95. The summed E-state index contributed by atoms with van der Waals surface area (Å²) >= 11 is 6.02. The van der Waals surface area contributed by atoms with Crippen LogP contribution in [0, 0.1) is 5.41 Å². The van der Waals surface area contributed by atoms with Gasteiger partial charge in [0.05, 0.1) is 18.9 Å². The van der Waals surface area contributed by atoms with Crippen LogP contribution in [-0.4, -0.2) is 24.9 Å². The van der Waals surface area contributed by atoms with E-state index < -0.39 is 0 Å². The molecule has 0 saturated heterocycles. The molecule has 108 valence electrons. The molecule has 1 aromatic rings. The fourth-order valence-electron chi connectivity index (χ4n) is 1.58. The van der Waals surface area contributed by atoms with Crippen molar-refractivity contribution in [2.75, 3.05) is 25.1 Å². The fraction of sp³-hybridized carbons (Fsp3) is 0.600. The molecule has 0 aromatic heterocycles. The number of benzene rings is 1. The number of halogens is 1. The molecule has 0 bridgehead atoms. The van der Waals surface area contributed by atoms with E-state index in [0.29, 0.717) is 18.2 Å². The van der Waals surface area contributed by atoms with Crippen LogP contribution >= 0.6 is 11.6 Å². The molecular formula is C15H24ClNO2. The van der Waals surface area contributed by atoms with E-state index in [4.69, 9.17) is 16.3 Å². The van der Waals surface area contributed by atoms with Gasteiger partial charge in [-0.05, 0) is 31.0 Å².